The van der Waals surface area contributed by atoms with Gasteiger partial charge in [-0.1, -0.05) is 60.5 Å². The fourth-order valence-electron chi connectivity index (χ4n) is 3.63. The monoisotopic (exact) mass is 342 g/mol. The number of hydrogen-bond donors (Lipinski definition) is 0. The Hall–Kier alpha value is -2.21. The number of rotatable bonds is 3. The zero-order chi connectivity index (χ0) is 16.8. The molecule has 0 atom stereocenters. The highest BCUT2D eigenvalue weighted by atomic mass is 32.2. The van der Waals surface area contributed by atoms with Gasteiger partial charge in [-0.15, -0.1) is 0 Å². The smallest absolute Gasteiger partial charge is 0.248 e. The van der Waals surface area contributed by atoms with E-state index in [0.29, 0.717) is 18.7 Å². The third-order valence-corrected chi connectivity index (χ3v) is 6.97. The van der Waals surface area contributed by atoms with Gasteiger partial charge in [-0.05, 0) is 23.6 Å². The second-order valence-electron chi connectivity index (χ2n) is 6.42. The standard InChI is InChI=1S/C18H18N2O3S/c1-24(21,22)18(11-4-5-12-18)17-19-16(20-23-17)15-10-6-8-13-7-2-3-9-14(13)15/h2-3,6-10H,4-5,11-12H2,1H3. The molecule has 1 saturated carbocycles. The lowest BCUT2D eigenvalue weighted by molar-refractivity contribution is 0.331. The van der Waals surface area contributed by atoms with E-state index in [1.807, 2.05) is 42.5 Å². The average molecular weight is 342 g/mol. The minimum Gasteiger partial charge on any atom is -0.337 e. The molecular formula is C18H18N2O3S. The van der Waals surface area contributed by atoms with E-state index in [2.05, 4.69) is 10.1 Å². The summed E-state index contributed by atoms with van der Waals surface area (Å²) in [7, 11) is -3.32. The van der Waals surface area contributed by atoms with Crippen LogP contribution in [0.15, 0.2) is 47.0 Å². The third-order valence-electron chi connectivity index (χ3n) is 4.97. The third kappa shape index (κ3) is 2.24. The number of aromatic nitrogens is 2. The van der Waals surface area contributed by atoms with Gasteiger partial charge in [0.1, 0.15) is 0 Å². The first kappa shape index (κ1) is 15.3. The Morgan fingerprint density at radius 3 is 2.50 bits per heavy atom. The van der Waals surface area contributed by atoms with Crippen LogP contribution in [0.25, 0.3) is 22.2 Å². The van der Waals surface area contributed by atoms with Crippen molar-refractivity contribution in [2.75, 3.05) is 6.26 Å². The first-order valence-electron chi connectivity index (χ1n) is 8.03. The summed E-state index contributed by atoms with van der Waals surface area (Å²) in [5.74, 6) is 0.669. The zero-order valence-corrected chi connectivity index (χ0v) is 14.2. The van der Waals surface area contributed by atoms with Crippen LogP contribution in [0.2, 0.25) is 0 Å². The summed E-state index contributed by atoms with van der Waals surface area (Å²) >= 11 is 0. The zero-order valence-electron chi connectivity index (χ0n) is 13.4. The summed E-state index contributed by atoms with van der Waals surface area (Å²) in [6, 6.07) is 13.9. The van der Waals surface area contributed by atoms with Crippen molar-refractivity contribution in [3.63, 3.8) is 0 Å². The first-order chi connectivity index (χ1) is 11.5. The number of sulfone groups is 1. The van der Waals surface area contributed by atoms with Gasteiger partial charge in [-0.3, -0.25) is 0 Å². The van der Waals surface area contributed by atoms with Crippen molar-refractivity contribution in [2.45, 2.75) is 30.4 Å². The lowest BCUT2D eigenvalue weighted by Crippen LogP contribution is -2.32. The van der Waals surface area contributed by atoms with E-state index in [0.717, 1.165) is 29.2 Å². The van der Waals surface area contributed by atoms with Crippen molar-refractivity contribution in [3.05, 3.63) is 48.4 Å². The van der Waals surface area contributed by atoms with Crippen LogP contribution in [0, 0.1) is 0 Å². The van der Waals surface area contributed by atoms with E-state index in [1.165, 1.54) is 6.26 Å². The summed E-state index contributed by atoms with van der Waals surface area (Å²) in [6.07, 6.45) is 4.07. The van der Waals surface area contributed by atoms with Crippen molar-refractivity contribution in [1.82, 2.24) is 10.1 Å². The van der Waals surface area contributed by atoms with E-state index < -0.39 is 14.6 Å². The van der Waals surface area contributed by atoms with Gasteiger partial charge in [-0.25, -0.2) is 8.42 Å². The minimum absolute atomic E-state index is 0.227. The van der Waals surface area contributed by atoms with Gasteiger partial charge in [-0.2, -0.15) is 4.98 Å². The Kier molecular flexibility index (Phi) is 3.46. The van der Waals surface area contributed by atoms with Gasteiger partial charge in [0, 0.05) is 11.8 Å². The van der Waals surface area contributed by atoms with Crippen LogP contribution in [0.1, 0.15) is 31.6 Å². The van der Waals surface area contributed by atoms with Crippen LogP contribution in [0.3, 0.4) is 0 Å². The molecule has 5 nitrogen and oxygen atoms in total. The van der Waals surface area contributed by atoms with Gasteiger partial charge in [0.2, 0.25) is 11.7 Å². The minimum atomic E-state index is -3.32. The van der Waals surface area contributed by atoms with Crippen molar-refractivity contribution >= 4 is 20.6 Å². The molecule has 2 aromatic carbocycles. The molecule has 0 aliphatic heterocycles. The summed E-state index contributed by atoms with van der Waals surface area (Å²) < 4.78 is 29.2. The van der Waals surface area contributed by atoms with E-state index >= 15 is 0 Å². The molecule has 1 aliphatic rings. The summed E-state index contributed by atoms with van der Waals surface area (Å²) in [5.41, 5.74) is 0.852. The van der Waals surface area contributed by atoms with Gasteiger partial charge in [0.05, 0.1) is 0 Å². The average Bonchev–Trinajstić information content (AvgIpc) is 3.23. The fourth-order valence-corrected chi connectivity index (χ4v) is 5.06. The molecule has 1 aliphatic carbocycles. The Morgan fingerprint density at radius 1 is 1.04 bits per heavy atom. The molecule has 1 aromatic heterocycles. The molecule has 124 valence electrons. The van der Waals surface area contributed by atoms with Gasteiger partial charge in [0.15, 0.2) is 14.6 Å². The second kappa shape index (κ2) is 5.41. The molecule has 1 heterocycles. The van der Waals surface area contributed by atoms with Crippen LogP contribution >= 0.6 is 0 Å². The Balaban J connectivity index is 1.86. The molecule has 0 bridgehead atoms. The number of benzene rings is 2. The molecule has 3 aromatic rings. The van der Waals surface area contributed by atoms with Crippen molar-refractivity contribution in [3.8, 4) is 11.4 Å². The van der Waals surface area contributed by atoms with Gasteiger partial charge < -0.3 is 4.52 Å². The maximum absolute atomic E-state index is 12.4. The van der Waals surface area contributed by atoms with Crippen molar-refractivity contribution in [2.24, 2.45) is 0 Å². The van der Waals surface area contributed by atoms with Crippen LogP contribution in [-0.4, -0.2) is 24.8 Å². The van der Waals surface area contributed by atoms with E-state index in [1.54, 1.807) is 0 Å². The second-order valence-corrected chi connectivity index (χ2v) is 8.75. The maximum Gasteiger partial charge on any atom is 0.248 e. The number of nitrogens with zero attached hydrogens (tertiary/aromatic N) is 2. The van der Waals surface area contributed by atoms with Crippen molar-refractivity contribution < 1.29 is 12.9 Å². The highest BCUT2D eigenvalue weighted by Gasteiger charge is 2.49. The molecule has 0 N–H and O–H groups in total. The van der Waals surface area contributed by atoms with E-state index in [4.69, 9.17) is 4.52 Å². The topological polar surface area (TPSA) is 73.1 Å². The largest absolute Gasteiger partial charge is 0.337 e. The Bertz CT molecular complexity index is 997. The number of fused-ring (bicyclic) bond motifs is 1. The molecular weight excluding hydrogens is 324 g/mol. The van der Waals surface area contributed by atoms with Crippen LogP contribution < -0.4 is 0 Å². The van der Waals surface area contributed by atoms with E-state index in [-0.39, 0.29) is 5.89 Å². The molecule has 4 rings (SSSR count). The number of hydrogen-bond acceptors (Lipinski definition) is 5. The molecule has 0 unspecified atom stereocenters. The van der Waals surface area contributed by atoms with Crippen LogP contribution in [-0.2, 0) is 14.6 Å². The van der Waals surface area contributed by atoms with Gasteiger partial charge in [0.25, 0.3) is 0 Å². The molecule has 6 heteroatoms. The molecule has 0 saturated heterocycles. The summed E-state index contributed by atoms with van der Waals surface area (Å²) in [4.78, 5) is 4.49. The Labute approximate surface area is 140 Å². The molecule has 0 radical (unpaired) electrons. The quantitative estimate of drug-likeness (QED) is 0.725. The summed E-state index contributed by atoms with van der Waals surface area (Å²) in [5, 5.41) is 6.19. The Morgan fingerprint density at radius 2 is 1.75 bits per heavy atom. The molecule has 1 fully saturated rings. The highest BCUT2D eigenvalue weighted by molar-refractivity contribution is 7.91. The van der Waals surface area contributed by atoms with Crippen LogP contribution in [0.4, 0.5) is 0 Å². The van der Waals surface area contributed by atoms with Gasteiger partial charge >= 0.3 is 0 Å². The predicted molar refractivity (Wildman–Crippen MR) is 92.2 cm³/mol. The SMILES string of the molecule is CS(=O)(=O)C1(c2nc(-c3cccc4ccccc34)no2)CCCC1. The van der Waals surface area contributed by atoms with Crippen LogP contribution in [0.5, 0.6) is 0 Å². The first-order valence-corrected chi connectivity index (χ1v) is 9.92. The molecule has 24 heavy (non-hydrogen) atoms. The molecule has 0 amide bonds. The normalized spacial score (nSPS) is 17.4. The lowest BCUT2D eigenvalue weighted by atomic mass is 10.0. The molecule has 0 spiro atoms. The predicted octanol–water partition coefficient (Wildman–Crippen LogP) is 3.70. The fraction of sp³-hybridized carbons (Fsp3) is 0.333. The van der Waals surface area contributed by atoms with Crippen molar-refractivity contribution in [1.29, 1.82) is 0 Å². The summed E-state index contributed by atoms with van der Waals surface area (Å²) in [6.45, 7) is 0. The van der Waals surface area contributed by atoms with E-state index in [9.17, 15) is 8.42 Å². The maximum atomic E-state index is 12.4. The highest BCUT2D eigenvalue weighted by Crippen LogP contribution is 2.45. The lowest BCUT2D eigenvalue weighted by Gasteiger charge is -2.21.